The van der Waals surface area contributed by atoms with Gasteiger partial charge in [0, 0.05) is 12.4 Å². The number of aromatic nitrogens is 1. The van der Waals surface area contributed by atoms with Crippen molar-refractivity contribution < 1.29 is 4.39 Å². The molecule has 1 heterocycles. The lowest BCUT2D eigenvalue weighted by Crippen LogP contribution is -2.19. The molecule has 0 amide bonds. The number of halogens is 1. The molecule has 66 valence electrons. The van der Waals surface area contributed by atoms with E-state index in [2.05, 4.69) is 0 Å². The second-order valence-electron chi connectivity index (χ2n) is 2.92. The predicted molar refractivity (Wildman–Crippen MR) is 49.1 cm³/mol. The molecule has 0 aliphatic heterocycles. The molecule has 1 aromatic heterocycles. The molecule has 0 N–H and O–H groups in total. The fraction of sp³-hybridized carbons (Fsp3) is 0.100. The van der Waals surface area contributed by atoms with Crippen LogP contribution in [0.3, 0.4) is 0 Å². The Morgan fingerprint density at radius 1 is 1.31 bits per heavy atom. The van der Waals surface area contributed by atoms with Crippen LogP contribution in [0.15, 0.2) is 35.1 Å². The van der Waals surface area contributed by atoms with Gasteiger partial charge in [-0.15, -0.1) is 0 Å². The fourth-order valence-electron chi connectivity index (χ4n) is 1.38. The summed E-state index contributed by atoms with van der Waals surface area (Å²) in [5.41, 5.74) is 0.160. The number of aryl methyl sites for hydroxylation is 1. The molecule has 13 heavy (non-hydrogen) atoms. The van der Waals surface area contributed by atoms with E-state index in [-0.39, 0.29) is 0 Å². The van der Waals surface area contributed by atoms with Crippen LogP contribution in [0.4, 0.5) is 4.39 Å². The Morgan fingerprint density at radius 3 is 2.77 bits per heavy atom. The predicted octanol–water partition coefficient (Wildman–Crippen LogP) is 1.68. The highest BCUT2D eigenvalue weighted by Crippen LogP contribution is 2.10. The van der Waals surface area contributed by atoms with E-state index in [1.807, 2.05) is 12.1 Å². The third-order valence-electron chi connectivity index (χ3n) is 2.09. The molecule has 1 aromatic carbocycles. The van der Waals surface area contributed by atoms with Gasteiger partial charge in [0.25, 0.3) is 5.56 Å². The molecule has 0 bridgehead atoms. The summed E-state index contributed by atoms with van der Waals surface area (Å²) < 4.78 is 14.3. The molecular formula is C10H8FNO. The summed E-state index contributed by atoms with van der Waals surface area (Å²) in [7, 11) is 1.56. The van der Waals surface area contributed by atoms with Gasteiger partial charge in [0.2, 0.25) is 0 Å². The van der Waals surface area contributed by atoms with Crippen LogP contribution < -0.4 is 5.56 Å². The Kier molecular flexibility index (Phi) is 1.65. The minimum atomic E-state index is -0.707. The van der Waals surface area contributed by atoms with Crippen LogP contribution in [-0.4, -0.2) is 4.57 Å². The number of benzene rings is 1. The van der Waals surface area contributed by atoms with Gasteiger partial charge in [-0.25, -0.2) is 4.39 Å². The standard InChI is InChI=1S/C10H8FNO/c1-12-9-5-3-2-4-7(9)6-8(11)10(12)13/h2-6H,1H3/i10+1. The van der Waals surface area contributed by atoms with Crippen LogP contribution in [0.1, 0.15) is 0 Å². The van der Waals surface area contributed by atoms with Crippen LogP contribution in [0, 0.1) is 5.82 Å². The monoisotopic (exact) mass is 178 g/mol. The number of pyridine rings is 1. The highest BCUT2D eigenvalue weighted by atomic mass is 19.1. The first-order valence-corrected chi connectivity index (χ1v) is 3.94. The summed E-state index contributed by atoms with van der Waals surface area (Å²) in [4.78, 5) is 11.2. The minimum Gasteiger partial charge on any atom is -0.309 e. The third-order valence-corrected chi connectivity index (χ3v) is 2.09. The van der Waals surface area contributed by atoms with Crippen molar-refractivity contribution >= 4 is 10.9 Å². The van der Waals surface area contributed by atoms with Gasteiger partial charge < -0.3 is 4.57 Å². The van der Waals surface area contributed by atoms with E-state index in [4.69, 9.17) is 0 Å². The molecule has 0 atom stereocenters. The highest BCUT2D eigenvalue weighted by Gasteiger charge is 2.03. The van der Waals surface area contributed by atoms with E-state index in [9.17, 15) is 9.18 Å². The first kappa shape index (κ1) is 7.98. The molecule has 0 aliphatic carbocycles. The third kappa shape index (κ3) is 1.13. The molecule has 0 radical (unpaired) electrons. The van der Waals surface area contributed by atoms with Crippen molar-refractivity contribution in [3.63, 3.8) is 0 Å². The van der Waals surface area contributed by atoms with Crippen molar-refractivity contribution in [1.82, 2.24) is 4.57 Å². The van der Waals surface area contributed by atoms with E-state index in [1.165, 1.54) is 10.6 Å². The molecule has 2 rings (SSSR count). The van der Waals surface area contributed by atoms with Gasteiger partial charge in [-0.1, -0.05) is 18.2 Å². The summed E-state index contributed by atoms with van der Waals surface area (Å²) in [5.74, 6) is -0.707. The zero-order valence-corrected chi connectivity index (χ0v) is 7.12. The Hall–Kier alpha value is -1.64. The summed E-state index contributed by atoms with van der Waals surface area (Å²) in [6.45, 7) is 0. The number of hydrogen-bond donors (Lipinski definition) is 0. The molecule has 2 aromatic rings. The molecule has 2 nitrogen and oxygen atoms in total. The van der Waals surface area contributed by atoms with Crippen molar-refractivity contribution in [3.8, 4) is 0 Å². The molecule has 0 unspecified atom stereocenters. The van der Waals surface area contributed by atoms with E-state index in [0.29, 0.717) is 0 Å². The molecule has 0 aliphatic rings. The number of rotatable bonds is 0. The molecule has 0 fully saturated rings. The molecule has 3 heteroatoms. The Morgan fingerprint density at radius 2 is 2.00 bits per heavy atom. The Labute approximate surface area is 74.2 Å². The van der Waals surface area contributed by atoms with Gasteiger partial charge in [0.05, 0.1) is 5.52 Å². The lowest BCUT2D eigenvalue weighted by molar-refractivity contribution is 0.597. The zero-order chi connectivity index (χ0) is 9.42. The van der Waals surface area contributed by atoms with Gasteiger partial charge in [-0.3, -0.25) is 4.79 Å². The quantitative estimate of drug-likeness (QED) is 0.601. The number of hydrogen-bond acceptors (Lipinski definition) is 1. The summed E-state index contributed by atoms with van der Waals surface area (Å²) >= 11 is 0. The van der Waals surface area contributed by atoms with Crippen molar-refractivity contribution in [3.05, 3.63) is 46.5 Å². The molecule has 0 saturated heterocycles. The smallest absolute Gasteiger partial charge is 0.286 e. The normalized spacial score (nSPS) is 10.6. The lowest BCUT2D eigenvalue weighted by atomic mass is 10.2. The van der Waals surface area contributed by atoms with Crippen molar-refractivity contribution in [1.29, 1.82) is 0 Å². The first-order chi connectivity index (χ1) is 6.20. The maximum absolute atomic E-state index is 13.0. The number of para-hydroxylation sites is 1. The highest BCUT2D eigenvalue weighted by molar-refractivity contribution is 5.78. The lowest BCUT2D eigenvalue weighted by Gasteiger charge is -2.03. The van der Waals surface area contributed by atoms with Crippen molar-refractivity contribution in [2.45, 2.75) is 0 Å². The average molecular weight is 178 g/mol. The Balaban J connectivity index is 3.02. The van der Waals surface area contributed by atoms with E-state index in [1.54, 1.807) is 19.2 Å². The topological polar surface area (TPSA) is 22.0 Å². The fourth-order valence-corrected chi connectivity index (χ4v) is 1.38. The van der Waals surface area contributed by atoms with Gasteiger partial charge in [0.15, 0.2) is 5.82 Å². The largest absolute Gasteiger partial charge is 0.309 e. The van der Waals surface area contributed by atoms with E-state index in [0.717, 1.165) is 10.9 Å². The molecule has 0 saturated carbocycles. The molecule has 0 spiro atoms. The van der Waals surface area contributed by atoms with Crippen LogP contribution in [0.2, 0.25) is 0 Å². The Bertz CT molecular complexity index is 516. The van der Waals surface area contributed by atoms with Crippen molar-refractivity contribution in [2.24, 2.45) is 7.05 Å². The van der Waals surface area contributed by atoms with Crippen molar-refractivity contribution in [2.75, 3.05) is 0 Å². The van der Waals surface area contributed by atoms with Gasteiger partial charge >= 0.3 is 0 Å². The number of nitrogens with zero attached hydrogens (tertiary/aromatic N) is 1. The van der Waals surface area contributed by atoms with Crippen LogP contribution in [0.5, 0.6) is 0 Å². The van der Waals surface area contributed by atoms with Crippen LogP contribution in [-0.2, 0) is 7.05 Å². The van der Waals surface area contributed by atoms with Gasteiger partial charge in [0.1, 0.15) is 0 Å². The maximum atomic E-state index is 13.0. The number of fused-ring (bicyclic) bond motifs is 1. The van der Waals surface area contributed by atoms with E-state index < -0.39 is 11.4 Å². The van der Waals surface area contributed by atoms with Crippen LogP contribution >= 0.6 is 0 Å². The average Bonchev–Trinajstić information content (AvgIpc) is 2.15. The second-order valence-corrected chi connectivity index (χ2v) is 2.92. The van der Waals surface area contributed by atoms with Crippen LogP contribution in [0.25, 0.3) is 10.9 Å². The summed E-state index contributed by atoms with van der Waals surface area (Å²) in [5, 5.41) is 0.738. The summed E-state index contributed by atoms with van der Waals surface area (Å²) in [6.07, 6.45) is 0. The van der Waals surface area contributed by atoms with E-state index >= 15 is 0 Å². The van der Waals surface area contributed by atoms with Gasteiger partial charge in [-0.05, 0) is 12.1 Å². The zero-order valence-electron chi connectivity index (χ0n) is 7.12. The minimum absolute atomic E-state index is 0.585. The summed E-state index contributed by atoms with van der Waals surface area (Å²) in [6, 6.07) is 8.46. The first-order valence-electron chi connectivity index (χ1n) is 3.94. The van der Waals surface area contributed by atoms with Gasteiger partial charge in [-0.2, -0.15) is 0 Å². The maximum Gasteiger partial charge on any atom is 0.286 e. The second kappa shape index (κ2) is 2.69. The SMILES string of the molecule is Cn1c2ccccc2cc(F)[13c]1=O. The molecular weight excluding hydrogens is 170 g/mol.